The van der Waals surface area contributed by atoms with Gasteiger partial charge in [0.15, 0.2) is 0 Å². The van der Waals surface area contributed by atoms with Crippen LogP contribution in [0, 0.1) is 0 Å². The Labute approximate surface area is 65.6 Å². The van der Waals surface area contributed by atoms with Crippen molar-refractivity contribution in [1.29, 1.82) is 0 Å². The van der Waals surface area contributed by atoms with Crippen LogP contribution < -0.4 is 0 Å². The zero-order chi connectivity index (χ0) is 7.11. The fraction of sp³-hybridized carbons (Fsp3) is 0.667. The van der Waals surface area contributed by atoms with E-state index in [4.69, 9.17) is 27.9 Å². The Morgan fingerprint density at radius 3 is 2.33 bits per heavy atom. The molecule has 0 aromatic heterocycles. The molecule has 0 aliphatic rings. The highest BCUT2D eigenvalue weighted by Crippen LogP contribution is 1.97. The summed E-state index contributed by atoms with van der Waals surface area (Å²) in [6, 6.07) is 0. The highest BCUT2D eigenvalue weighted by atomic mass is 35.5. The van der Waals surface area contributed by atoms with Crippen molar-refractivity contribution in [2.75, 3.05) is 18.4 Å². The van der Waals surface area contributed by atoms with Crippen LogP contribution in [0.4, 0.5) is 0 Å². The van der Waals surface area contributed by atoms with Crippen molar-refractivity contribution in [3.8, 4) is 0 Å². The van der Waals surface area contributed by atoms with Crippen molar-refractivity contribution in [2.24, 2.45) is 0 Å². The van der Waals surface area contributed by atoms with Crippen LogP contribution in [0.1, 0.15) is 0 Å². The number of rotatable bonds is 5. The summed E-state index contributed by atoms with van der Waals surface area (Å²) in [5, 5.41) is 0. The summed E-state index contributed by atoms with van der Waals surface area (Å²) in [6.07, 6.45) is 1.64. The van der Waals surface area contributed by atoms with Gasteiger partial charge in [0.2, 0.25) is 0 Å². The molecule has 0 bridgehead atoms. The lowest BCUT2D eigenvalue weighted by atomic mass is 10.5. The van der Waals surface area contributed by atoms with E-state index < -0.39 is 0 Å². The SMILES string of the molecule is C=CCOC(CCl)CCl. The van der Waals surface area contributed by atoms with Gasteiger partial charge in [-0.1, -0.05) is 6.08 Å². The molecule has 9 heavy (non-hydrogen) atoms. The fourth-order valence-corrected chi connectivity index (χ4v) is 0.843. The first-order valence-corrected chi connectivity index (χ1v) is 3.76. The van der Waals surface area contributed by atoms with Gasteiger partial charge >= 0.3 is 0 Å². The highest BCUT2D eigenvalue weighted by Gasteiger charge is 2.02. The molecule has 0 atom stereocenters. The smallest absolute Gasteiger partial charge is 0.0849 e. The molecule has 0 heterocycles. The van der Waals surface area contributed by atoms with E-state index in [0.717, 1.165) is 0 Å². The number of ether oxygens (including phenoxy) is 1. The van der Waals surface area contributed by atoms with Crippen molar-refractivity contribution < 1.29 is 4.74 Å². The molecular formula is C6H10Cl2O. The Kier molecular flexibility index (Phi) is 6.60. The predicted octanol–water partition coefficient (Wildman–Crippen LogP) is 2.04. The van der Waals surface area contributed by atoms with Gasteiger partial charge in [-0.05, 0) is 0 Å². The Bertz CT molecular complexity index is 71.5. The van der Waals surface area contributed by atoms with E-state index in [1.54, 1.807) is 6.08 Å². The van der Waals surface area contributed by atoms with E-state index in [9.17, 15) is 0 Å². The Morgan fingerprint density at radius 2 is 2.00 bits per heavy atom. The molecule has 0 fully saturated rings. The summed E-state index contributed by atoms with van der Waals surface area (Å²) in [4.78, 5) is 0. The maximum Gasteiger partial charge on any atom is 0.0849 e. The van der Waals surface area contributed by atoms with Crippen LogP contribution in [-0.4, -0.2) is 24.5 Å². The molecule has 0 aliphatic carbocycles. The zero-order valence-electron chi connectivity index (χ0n) is 5.15. The van der Waals surface area contributed by atoms with E-state index in [0.29, 0.717) is 18.4 Å². The Hall–Kier alpha value is 0.280. The van der Waals surface area contributed by atoms with Crippen LogP contribution in [0.15, 0.2) is 12.7 Å². The fourth-order valence-electron chi connectivity index (χ4n) is 0.334. The third kappa shape index (κ3) is 4.76. The molecule has 0 aliphatic heterocycles. The van der Waals surface area contributed by atoms with Crippen LogP contribution >= 0.6 is 23.2 Å². The number of halogens is 2. The minimum atomic E-state index is -0.0358. The second-order valence-corrected chi connectivity index (χ2v) is 2.17. The Balaban J connectivity index is 3.19. The maximum absolute atomic E-state index is 5.46. The molecule has 0 rings (SSSR count). The van der Waals surface area contributed by atoms with Crippen LogP contribution in [0.25, 0.3) is 0 Å². The zero-order valence-corrected chi connectivity index (χ0v) is 6.66. The Morgan fingerprint density at radius 1 is 1.44 bits per heavy atom. The molecule has 0 saturated heterocycles. The second-order valence-electron chi connectivity index (χ2n) is 1.55. The first kappa shape index (κ1) is 9.28. The standard InChI is InChI=1S/C6H10Cl2O/c1-2-3-9-6(4-7)5-8/h2,6H,1,3-5H2. The molecule has 0 saturated carbocycles. The van der Waals surface area contributed by atoms with Gasteiger partial charge in [0.05, 0.1) is 12.7 Å². The van der Waals surface area contributed by atoms with E-state index in [1.165, 1.54) is 0 Å². The van der Waals surface area contributed by atoms with Gasteiger partial charge in [-0.25, -0.2) is 0 Å². The summed E-state index contributed by atoms with van der Waals surface area (Å²) in [5.41, 5.74) is 0. The third-order valence-electron chi connectivity index (χ3n) is 0.794. The van der Waals surface area contributed by atoms with Gasteiger partial charge in [-0.3, -0.25) is 0 Å². The minimum Gasteiger partial charge on any atom is -0.372 e. The van der Waals surface area contributed by atoms with Gasteiger partial charge < -0.3 is 4.74 Å². The number of hydrogen-bond acceptors (Lipinski definition) is 1. The molecule has 3 heteroatoms. The first-order valence-electron chi connectivity index (χ1n) is 2.69. The summed E-state index contributed by atoms with van der Waals surface area (Å²) in [7, 11) is 0. The predicted molar refractivity (Wildman–Crippen MR) is 41.4 cm³/mol. The van der Waals surface area contributed by atoms with Gasteiger partial charge in [0.1, 0.15) is 0 Å². The van der Waals surface area contributed by atoms with E-state index >= 15 is 0 Å². The average Bonchev–Trinajstić information content (AvgIpc) is 1.91. The van der Waals surface area contributed by atoms with Crippen molar-refractivity contribution in [3.63, 3.8) is 0 Å². The molecule has 1 nitrogen and oxygen atoms in total. The number of alkyl halides is 2. The molecule has 54 valence electrons. The lowest BCUT2D eigenvalue weighted by Gasteiger charge is -2.08. The van der Waals surface area contributed by atoms with Gasteiger partial charge in [0.25, 0.3) is 0 Å². The molecule has 0 aromatic carbocycles. The monoisotopic (exact) mass is 168 g/mol. The van der Waals surface area contributed by atoms with Crippen LogP contribution in [0.5, 0.6) is 0 Å². The second kappa shape index (κ2) is 6.40. The minimum absolute atomic E-state index is 0.0358. The molecule has 0 N–H and O–H groups in total. The van der Waals surface area contributed by atoms with Crippen molar-refractivity contribution >= 4 is 23.2 Å². The van der Waals surface area contributed by atoms with E-state index in [-0.39, 0.29) is 6.10 Å². The van der Waals surface area contributed by atoms with Crippen molar-refractivity contribution in [2.45, 2.75) is 6.10 Å². The molecule has 0 unspecified atom stereocenters. The van der Waals surface area contributed by atoms with Crippen LogP contribution in [0.3, 0.4) is 0 Å². The average molecular weight is 169 g/mol. The van der Waals surface area contributed by atoms with Crippen molar-refractivity contribution in [1.82, 2.24) is 0 Å². The van der Waals surface area contributed by atoms with Crippen LogP contribution in [0.2, 0.25) is 0 Å². The molecule has 0 radical (unpaired) electrons. The van der Waals surface area contributed by atoms with Crippen molar-refractivity contribution in [3.05, 3.63) is 12.7 Å². The summed E-state index contributed by atoms with van der Waals surface area (Å²) in [6.45, 7) is 4.01. The molecule has 0 aromatic rings. The van der Waals surface area contributed by atoms with E-state index in [1.807, 2.05) is 0 Å². The van der Waals surface area contributed by atoms with Gasteiger partial charge in [-0.2, -0.15) is 0 Å². The highest BCUT2D eigenvalue weighted by molar-refractivity contribution is 6.21. The van der Waals surface area contributed by atoms with E-state index in [2.05, 4.69) is 6.58 Å². The molecule has 0 spiro atoms. The topological polar surface area (TPSA) is 9.23 Å². The summed E-state index contributed by atoms with van der Waals surface area (Å²) >= 11 is 10.9. The largest absolute Gasteiger partial charge is 0.372 e. The summed E-state index contributed by atoms with van der Waals surface area (Å²) < 4.78 is 5.11. The maximum atomic E-state index is 5.46. The van der Waals surface area contributed by atoms with Gasteiger partial charge in [-0.15, -0.1) is 29.8 Å². The normalized spacial score (nSPS) is 10.1. The molecule has 0 amide bonds. The third-order valence-corrected chi connectivity index (χ3v) is 1.48. The lowest BCUT2D eigenvalue weighted by Crippen LogP contribution is -2.16. The first-order chi connectivity index (χ1) is 4.35. The molecular weight excluding hydrogens is 159 g/mol. The van der Waals surface area contributed by atoms with Crippen LogP contribution in [-0.2, 0) is 4.74 Å². The summed E-state index contributed by atoms with van der Waals surface area (Å²) in [5.74, 6) is 0.884. The lowest BCUT2D eigenvalue weighted by molar-refractivity contribution is 0.107. The number of hydrogen-bond donors (Lipinski definition) is 0. The van der Waals surface area contributed by atoms with Gasteiger partial charge in [0, 0.05) is 11.8 Å². The quantitative estimate of drug-likeness (QED) is 0.452.